The minimum absolute atomic E-state index is 0.371. The molecule has 2 rings (SSSR count). The van der Waals surface area contributed by atoms with Crippen LogP contribution in [-0.2, 0) is 6.54 Å². The molecule has 21 heavy (non-hydrogen) atoms. The molecule has 1 aromatic heterocycles. The average Bonchev–Trinajstić information content (AvgIpc) is 2.46. The van der Waals surface area contributed by atoms with E-state index in [0.29, 0.717) is 29.5 Å². The number of nitrogens with two attached hydrogens (primary N) is 1. The van der Waals surface area contributed by atoms with Crippen molar-refractivity contribution in [2.75, 3.05) is 14.2 Å². The summed E-state index contributed by atoms with van der Waals surface area (Å²) >= 11 is 0. The van der Waals surface area contributed by atoms with Gasteiger partial charge in [-0.05, 0) is 13.8 Å². The molecule has 0 aliphatic rings. The molecule has 112 valence electrons. The lowest BCUT2D eigenvalue weighted by Gasteiger charge is -2.14. The molecule has 0 radical (unpaired) electrons. The molecule has 2 aromatic rings. The Morgan fingerprint density at radius 1 is 0.952 bits per heavy atom. The topological polar surface area (TPSA) is 66.6 Å². The van der Waals surface area contributed by atoms with Crippen LogP contribution in [0.5, 0.6) is 23.0 Å². The van der Waals surface area contributed by atoms with Gasteiger partial charge in [-0.3, -0.25) is 4.98 Å². The van der Waals surface area contributed by atoms with Crippen molar-refractivity contribution in [3.8, 4) is 23.0 Å². The van der Waals surface area contributed by atoms with Crippen molar-refractivity contribution < 1.29 is 14.2 Å². The van der Waals surface area contributed by atoms with Crippen molar-refractivity contribution in [1.29, 1.82) is 0 Å². The first-order chi connectivity index (χ1) is 10.1. The minimum Gasteiger partial charge on any atom is -0.496 e. The van der Waals surface area contributed by atoms with Gasteiger partial charge in [0.05, 0.1) is 14.2 Å². The maximum atomic E-state index is 5.97. The van der Waals surface area contributed by atoms with Gasteiger partial charge in [0.1, 0.15) is 23.0 Å². The molecule has 0 saturated heterocycles. The number of aryl methyl sites for hydroxylation is 2. The summed E-state index contributed by atoms with van der Waals surface area (Å²) in [5, 5.41) is 0. The number of hydrogen-bond acceptors (Lipinski definition) is 5. The van der Waals surface area contributed by atoms with E-state index in [4.69, 9.17) is 19.9 Å². The summed E-state index contributed by atoms with van der Waals surface area (Å²) in [6, 6.07) is 7.27. The SMILES string of the molecule is COc1cc(OC)cc(Oc2cc(C)nc(C)c2CN)c1. The van der Waals surface area contributed by atoms with Gasteiger partial charge in [0.25, 0.3) is 0 Å². The van der Waals surface area contributed by atoms with Crippen LogP contribution in [0.3, 0.4) is 0 Å². The van der Waals surface area contributed by atoms with Gasteiger partial charge in [-0.1, -0.05) is 0 Å². The van der Waals surface area contributed by atoms with Gasteiger partial charge in [0, 0.05) is 47.8 Å². The van der Waals surface area contributed by atoms with Crippen molar-refractivity contribution in [2.45, 2.75) is 20.4 Å². The minimum atomic E-state index is 0.371. The van der Waals surface area contributed by atoms with Crippen LogP contribution in [0.25, 0.3) is 0 Å². The fourth-order valence-corrected chi connectivity index (χ4v) is 2.13. The smallest absolute Gasteiger partial charge is 0.135 e. The normalized spacial score (nSPS) is 10.3. The second kappa shape index (κ2) is 6.45. The van der Waals surface area contributed by atoms with Gasteiger partial charge in [0.2, 0.25) is 0 Å². The average molecular weight is 288 g/mol. The van der Waals surface area contributed by atoms with Gasteiger partial charge in [-0.15, -0.1) is 0 Å². The van der Waals surface area contributed by atoms with Gasteiger partial charge in [-0.25, -0.2) is 0 Å². The van der Waals surface area contributed by atoms with E-state index >= 15 is 0 Å². The molecule has 0 unspecified atom stereocenters. The van der Waals surface area contributed by atoms with Crippen molar-refractivity contribution in [3.05, 3.63) is 41.2 Å². The van der Waals surface area contributed by atoms with Crippen LogP contribution in [0.15, 0.2) is 24.3 Å². The van der Waals surface area contributed by atoms with Crippen molar-refractivity contribution in [2.24, 2.45) is 5.73 Å². The molecule has 5 heteroatoms. The highest BCUT2D eigenvalue weighted by Gasteiger charge is 2.11. The Bertz CT molecular complexity index is 619. The maximum absolute atomic E-state index is 5.97. The summed E-state index contributed by atoms with van der Waals surface area (Å²) in [5.74, 6) is 2.67. The van der Waals surface area contributed by atoms with E-state index in [9.17, 15) is 0 Å². The van der Waals surface area contributed by atoms with E-state index in [1.807, 2.05) is 19.9 Å². The lowest BCUT2D eigenvalue weighted by Crippen LogP contribution is -2.05. The Labute approximate surface area is 124 Å². The number of pyridine rings is 1. The van der Waals surface area contributed by atoms with Gasteiger partial charge >= 0.3 is 0 Å². The molecule has 2 N–H and O–H groups in total. The van der Waals surface area contributed by atoms with Gasteiger partial charge < -0.3 is 19.9 Å². The molecule has 1 aromatic carbocycles. The zero-order chi connectivity index (χ0) is 15.4. The molecule has 5 nitrogen and oxygen atoms in total. The largest absolute Gasteiger partial charge is 0.496 e. The summed E-state index contributed by atoms with van der Waals surface area (Å²) in [5.41, 5.74) is 8.45. The molecule has 0 aliphatic carbocycles. The summed E-state index contributed by atoms with van der Waals surface area (Å²) in [6.07, 6.45) is 0. The van der Waals surface area contributed by atoms with Crippen LogP contribution in [-0.4, -0.2) is 19.2 Å². The predicted molar refractivity (Wildman–Crippen MR) is 81.2 cm³/mol. The van der Waals surface area contributed by atoms with E-state index < -0.39 is 0 Å². The van der Waals surface area contributed by atoms with E-state index in [-0.39, 0.29) is 0 Å². The molecule has 0 bridgehead atoms. The molecule has 0 aliphatic heterocycles. The molecule has 1 heterocycles. The fraction of sp³-hybridized carbons (Fsp3) is 0.312. The monoisotopic (exact) mass is 288 g/mol. The number of hydrogen-bond donors (Lipinski definition) is 1. The standard InChI is InChI=1S/C16H20N2O3/c1-10-5-16(15(9-17)11(2)18-10)21-14-7-12(19-3)6-13(8-14)20-4/h5-8H,9,17H2,1-4H3. The highest BCUT2D eigenvalue weighted by molar-refractivity contribution is 5.46. The summed E-state index contributed by atoms with van der Waals surface area (Å²) in [6.45, 7) is 4.22. The van der Waals surface area contributed by atoms with E-state index in [1.165, 1.54) is 0 Å². The first kappa shape index (κ1) is 15.1. The van der Waals surface area contributed by atoms with Gasteiger partial charge in [0.15, 0.2) is 0 Å². The molecular weight excluding hydrogens is 268 g/mol. The van der Waals surface area contributed by atoms with E-state index in [0.717, 1.165) is 17.0 Å². The highest BCUT2D eigenvalue weighted by Crippen LogP contribution is 2.33. The molecular formula is C16H20N2O3. The Hall–Kier alpha value is -2.27. The first-order valence-corrected chi connectivity index (χ1v) is 6.65. The van der Waals surface area contributed by atoms with Crippen LogP contribution in [0.1, 0.15) is 17.0 Å². The number of nitrogens with zero attached hydrogens (tertiary/aromatic N) is 1. The number of benzene rings is 1. The van der Waals surface area contributed by atoms with Gasteiger partial charge in [-0.2, -0.15) is 0 Å². The molecule has 0 fully saturated rings. The Morgan fingerprint density at radius 2 is 1.52 bits per heavy atom. The summed E-state index contributed by atoms with van der Waals surface area (Å²) in [7, 11) is 3.20. The Morgan fingerprint density at radius 3 is 2.05 bits per heavy atom. The van der Waals surface area contributed by atoms with Crippen LogP contribution in [0.2, 0.25) is 0 Å². The summed E-state index contributed by atoms with van der Waals surface area (Å²) in [4.78, 5) is 4.40. The number of rotatable bonds is 5. The maximum Gasteiger partial charge on any atom is 0.135 e. The quantitative estimate of drug-likeness (QED) is 0.916. The molecule has 0 saturated carbocycles. The number of aromatic nitrogens is 1. The zero-order valence-electron chi connectivity index (χ0n) is 12.8. The van der Waals surface area contributed by atoms with Crippen molar-refractivity contribution in [1.82, 2.24) is 4.98 Å². The fourth-order valence-electron chi connectivity index (χ4n) is 2.13. The third kappa shape index (κ3) is 3.44. The van der Waals surface area contributed by atoms with E-state index in [2.05, 4.69) is 4.98 Å². The lowest BCUT2D eigenvalue weighted by molar-refractivity contribution is 0.386. The number of ether oxygens (including phenoxy) is 3. The zero-order valence-corrected chi connectivity index (χ0v) is 12.8. The van der Waals surface area contributed by atoms with E-state index in [1.54, 1.807) is 32.4 Å². The molecule has 0 atom stereocenters. The first-order valence-electron chi connectivity index (χ1n) is 6.65. The van der Waals surface area contributed by atoms with Crippen LogP contribution < -0.4 is 19.9 Å². The van der Waals surface area contributed by atoms with Crippen molar-refractivity contribution >= 4 is 0 Å². The second-order valence-electron chi connectivity index (χ2n) is 4.68. The lowest BCUT2D eigenvalue weighted by atomic mass is 10.1. The van der Waals surface area contributed by atoms with Crippen molar-refractivity contribution in [3.63, 3.8) is 0 Å². The predicted octanol–water partition coefficient (Wildman–Crippen LogP) is 2.97. The number of methoxy groups -OCH3 is 2. The molecule has 0 amide bonds. The summed E-state index contributed by atoms with van der Waals surface area (Å²) < 4.78 is 16.5. The second-order valence-corrected chi connectivity index (χ2v) is 4.68. The van der Waals surface area contributed by atoms with Crippen LogP contribution in [0.4, 0.5) is 0 Å². The van der Waals surface area contributed by atoms with Crippen LogP contribution >= 0.6 is 0 Å². The highest BCUT2D eigenvalue weighted by atomic mass is 16.5. The Kier molecular flexibility index (Phi) is 4.65. The third-order valence-corrected chi connectivity index (χ3v) is 3.18. The van der Waals surface area contributed by atoms with Crippen LogP contribution in [0, 0.1) is 13.8 Å². The Balaban J connectivity index is 2.42. The molecule has 0 spiro atoms. The third-order valence-electron chi connectivity index (χ3n) is 3.18.